The van der Waals surface area contributed by atoms with Gasteiger partial charge in [-0.25, -0.2) is 9.59 Å². The standard InChI is InChI=1S/C11H21NO4/c1-5-6-7-8(12-10(14)15)9(13)16-11(2,3)4/h8,12H,5-7H2,1-4H3,(H,14,15)/t8-/m1/s1. The quantitative estimate of drug-likeness (QED) is 0.711. The summed E-state index contributed by atoms with van der Waals surface area (Å²) in [5.74, 6) is -0.511. The van der Waals surface area contributed by atoms with Gasteiger partial charge >= 0.3 is 12.1 Å². The van der Waals surface area contributed by atoms with Gasteiger partial charge in [-0.05, 0) is 27.2 Å². The molecule has 0 rings (SSSR count). The molecule has 0 radical (unpaired) electrons. The molecule has 5 nitrogen and oxygen atoms in total. The van der Waals surface area contributed by atoms with Crippen LogP contribution in [0.3, 0.4) is 0 Å². The van der Waals surface area contributed by atoms with Crippen molar-refractivity contribution in [3.63, 3.8) is 0 Å². The Morgan fingerprint density at radius 3 is 2.31 bits per heavy atom. The number of amides is 1. The highest BCUT2D eigenvalue weighted by atomic mass is 16.6. The molecule has 0 aliphatic rings. The molecule has 0 aromatic heterocycles. The third-order valence-electron chi connectivity index (χ3n) is 1.84. The number of carbonyl (C=O) groups excluding carboxylic acids is 1. The fourth-order valence-electron chi connectivity index (χ4n) is 1.18. The van der Waals surface area contributed by atoms with E-state index in [2.05, 4.69) is 5.32 Å². The minimum Gasteiger partial charge on any atom is -0.465 e. The van der Waals surface area contributed by atoms with E-state index in [1.165, 1.54) is 0 Å². The van der Waals surface area contributed by atoms with Crippen LogP contribution in [0.15, 0.2) is 0 Å². The summed E-state index contributed by atoms with van der Waals surface area (Å²) < 4.78 is 5.13. The summed E-state index contributed by atoms with van der Waals surface area (Å²) in [5, 5.41) is 10.8. The molecule has 1 amide bonds. The first-order valence-corrected chi connectivity index (χ1v) is 5.48. The lowest BCUT2D eigenvalue weighted by molar-refractivity contribution is -0.157. The Balaban J connectivity index is 4.37. The van der Waals surface area contributed by atoms with E-state index in [1.54, 1.807) is 20.8 Å². The Morgan fingerprint density at radius 1 is 1.38 bits per heavy atom. The summed E-state index contributed by atoms with van der Waals surface area (Å²) in [7, 11) is 0. The Labute approximate surface area is 96.2 Å². The van der Waals surface area contributed by atoms with E-state index in [0.29, 0.717) is 6.42 Å². The lowest BCUT2D eigenvalue weighted by Gasteiger charge is -2.23. The summed E-state index contributed by atoms with van der Waals surface area (Å²) in [5.41, 5.74) is -0.596. The highest BCUT2D eigenvalue weighted by Crippen LogP contribution is 2.11. The van der Waals surface area contributed by atoms with E-state index >= 15 is 0 Å². The van der Waals surface area contributed by atoms with E-state index in [-0.39, 0.29) is 0 Å². The van der Waals surface area contributed by atoms with Gasteiger partial charge in [-0.2, -0.15) is 0 Å². The van der Waals surface area contributed by atoms with Gasteiger partial charge in [-0.3, -0.25) is 0 Å². The van der Waals surface area contributed by atoms with Gasteiger partial charge in [0.05, 0.1) is 0 Å². The van der Waals surface area contributed by atoms with Crippen LogP contribution < -0.4 is 5.32 Å². The number of carboxylic acid groups (broad SMARTS) is 1. The number of esters is 1. The first-order valence-electron chi connectivity index (χ1n) is 5.48. The summed E-state index contributed by atoms with van der Waals surface area (Å²) in [6.45, 7) is 7.24. The molecule has 0 spiro atoms. The minimum atomic E-state index is -1.20. The van der Waals surface area contributed by atoms with Crippen LogP contribution in [0.2, 0.25) is 0 Å². The van der Waals surface area contributed by atoms with Crippen molar-refractivity contribution in [1.29, 1.82) is 0 Å². The topological polar surface area (TPSA) is 75.6 Å². The van der Waals surface area contributed by atoms with E-state index in [0.717, 1.165) is 12.8 Å². The van der Waals surface area contributed by atoms with Crippen LogP contribution in [0.5, 0.6) is 0 Å². The molecule has 94 valence electrons. The summed E-state index contributed by atoms with van der Waals surface area (Å²) in [6.07, 6.45) is 0.953. The molecule has 0 aliphatic heterocycles. The fourth-order valence-corrected chi connectivity index (χ4v) is 1.18. The molecule has 0 bridgehead atoms. The summed E-state index contributed by atoms with van der Waals surface area (Å²) in [6, 6.07) is -0.767. The molecule has 1 atom stereocenters. The Bertz CT molecular complexity index is 245. The van der Waals surface area contributed by atoms with Crippen molar-refractivity contribution in [3.8, 4) is 0 Å². The zero-order valence-electron chi connectivity index (χ0n) is 10.4. The highest BCUT2D eigenvalue weighted by Gasteiger charge is 2.25. The fraction of sp³-hybridized carbons (Fsp3) is 0.818. The summed E-state index contributed by atoms with van der Waals surface area (Å²) >= 11 is 0. The predicted octanol–water partition coefficient (Wildman–Crippen LogP) is 2.15. The number of rotatable bonds is 5. The molecule has 0 fully saturated rings. The van der Waals surface area contributed by atoms with Crippen molar-refractivity contribution in [2.24, 2.45) is 0 Å². The molecule has 16 heavy (non-hydrogen) atoms. The minimum absolute atomic E-state index is 0.470. The number of unbranched alkanes of at least 4 members (excludes halogenated alkanes) is 1. The van der Waals surface area contributed by atoms with E-state index in [4.69, 9.17) is 9.84 Å². The predicted molar refractivity (Wildman–Crippen MR) is 60.3 cm³/mol. The van der Waals surface area contributed by atoms with Gasteiger partial charge in [0, 0.05) is 0 Å². The molecule has 0 aromatic carbocycles. The van der Waals surface area contributed by atoms with Gasteiger partial charge < -0.3 is 15.2 Å². The SMILES string of the molecule is CCCC[C@@H](NC(=O)O)C(=O)OC(C)(C)C. The maximum absolute atomic E-state index is 11.7. The molecule has 5 heteroatoms. The van der Waals surface area contributed by atoms with Crippen molar-refractivity contribution in [2.45, 2.75) is 58.6 Å². The molecule has 0 saturated carbocycles. The van der Waals surface area contributed by atoms with Gasteiger partial charge in [0.15, 0.2) is 0 Å². The summed E-state index contributed by atoms with van der Waals surface area (Å²) in [4.78, 5) is 22.2. The van der Waals surface area contributed by atoms with Gasteiger partial charge in [-0.15, -0.1) is 0 Å². The highest BCUT2D eigenvalue weighted by molar-refractivity contribution is 5.80. The molecular formula is C11H21NO4. The van der Waals surface area contributed by atoms with Crippen molar-refractivity contribution >= 4 is 12.1 Å². The number of hydrogen-bond acceptors (Lipinski definition) is 3. The maximum Gasteiger partial charge on any atom is 0.405 e. The lowest BCUT2D eigenvalue weighted by atomic mass is 10.1. The van der Waals surface area contributed by atoms with E-state index < -0.39 is 23.7 Å². The van der Waals surface area contributed by atoms with Crippen LogP contribution in [0, 0.1) is 0 Å². The zero-order chi connectivity index (χ0) is 12.8. The van der Waals surface area contributed by atoms with Crippen LogP contribution in [0.4, 0.5) is 4.79 Å². The van der Waals surface area contributed by atoms with Crippen molar-refractivity contribution in [1.82, 2.24) is 5.32 Å². The van der Waals surface area contributed by atoms with Crippen molar-refractivity contribution < 1.29 is 19.4 Å². The first kappa shape index (κ1) is 14.7. The second-order valence-corrected chi connectivity index (χ2v) is 4.68. The lowest BCUT2D eigenvalue weighted by Crippen LogP contribution is -2.43. The number of carbonyl (C=O) groups is 2. The Kier molecular flexibility index (Phi) is 5.85. The monoisotopic (exact) mass is 231 g/mol. The van der Waals surface area contributed by atoms with Gasteiger partial charge in [0.1, 0.15) is 11.6 Å². The van der Waals surface area contributed by atoms with Gasteiger partial charge in [0.2, 0.25) is 0 Å². The Hall–Kier alpha value is -1.26. The van der Waals surface area contributed by atoms with E-state index in [9.17, 15) is 9.59 Å². The molecular weight excluding hydrogens is 210 g/mol. The van der Waals surface area contributed by atoms with Crippen LogP contribution >= 0.6 is 0 Å². The third-order valence-corrected chi connectivity index (χ3v) is 1.84. The van der Waals surface area contributed by atoms with Crippen LogP contribution in [-0.2, 0) is 9.53 Å². The number of hydrogen-bond donors (Lipinski definition) is 2. The second kappa shape index (κ2) is 6.35. The number of nitrogens with one attached hydrogen (secondary N) is 1. The van der Waals surface area contributed by atoms with Crippen molar-refractivity contribution in [3.05, 3.63) is 0 Å². The Morgan fingerprint density at radius 2 is 1.94 bits per heavy atom. The average Bonchev–Trinajstić information content (AvgIpc) is 2.08. The van der Waals surface area contributed by atoms with E-state index in [1.807, 2.05) is 6.92 Å². The van der Waals surface area contributed by atoms with Gasteiger partial charge in [-0.1, -0.05) is 19.8 Å². The van der Waals surface area contributed by atoms with Crippen LogP contribution in [-0.4, -0.2) is 28.8 Å². The average molecular weight is 231 g/mol. The second-order valence-electron chi connectivity index (χ2n) is 4.68. The molecule has 0 aliphatic carbocycles. The number of ether oxygens (including phenoxy) is 1. The zero-order valence-corrected chi connectivity index (χ0v) is 10.4. The van der Waals surface area contributed by atoms with Crippen LogP contribution in [0.1, 0.15) is 47.0 Å². The maximum atomic E-state index is 11.7. The smallest absolute Gasteiger partial charge is 0.405 e. The molecule has 0 unspecified atom stereocenters. The molecule has 2 N–H and O–H groups in total. The third kappa shape index (κ3) is 7.09. The van der Waals surface area contributed by atoms with Crippen molar-refractivity contribution in [2.75, 3.05) is 0 Å². The first-order chi connectivity index (χ1) is 7.26. The van der Waals surface area contributed by atoms with Gasteiger partial charge in [0.25, 0.3) is 0 Å². The molecule has 0 saturated heterocycles. The molecule has 0 aromatic rings. The normalized spacial score (nSPS) is 13.0. The van der Waals surface area contributed by atoms with Crippen LogP contribution in [0.25, 0.3) is 0 Å². The molecule has 0 heterocycles. The largest absolute Gasteiger partial charge is 0.465 e.